The quantitative estimate of drug-likeness (QED) is 0.163. The van der Waals surface area contributed by atoms with Crippen molar-refractivity contribution in [2.45, 2.75) is 96.3 Å². The molecule has 0 amide bonds. The van der Waals surface area contributed by atoms with Crippen molar-refractivity contribution in [2.75, 3.05) is 5.33 Å². The Morgan fingerprint density at radius 1 is 0.600 bits per heavy atom. The molecule has 120 valence electrons. The molecule has 0 aliphatic carbocycles. The molecule has 20 heavy (non-hydrogen) atoms. The molecular weight excluding hydrogens is 336 g/mol. The molecule has 0 bridgehead atoms. The first-order chi connectivity index (χ1) is 9.77. The summed E-state index contributed by atoms with van der Waals surface area (Å²) in [6.07, 6.45) is 19.2. The maximum atomic E-state index is 10.5. The summed E-state index contributed by atoms with van der Waals surface area (Å²) in [6.45, 7) is 0. The third kappa shape index (κ3) is 18.4. The van der Waals surface area contributed by atoms with Crippen LogP contribution in [0.1, 0.15) is 96.3 Å². The van der Waals surface area contributed by atoms with Gasteiger partial charge in [-0.25, -0.2) is 0 Å². The van der Waals surface area contributed by atoms with Crippen molar-refractivity contribution in [1.82, 2.24) is 0 Å². The van der Waals surface area contributed by atoms with Crippen LogP contribution in [0, 0.1) is 0 Å². The fourth-order valence-corrected chi connectivity index (χ4v) is 3.01. The first-order valence-electron chi connectivity index (χ1n) is 8.51. The Kier molecular flexibility index (Phi) is 17.9. The maximum absolute atomic E-state index is 10.5. The minimum absolute atomic E-state index is 0.183. The van der Waals surface area contributed by atoms with Crippen LogP contribution in [0.4, 0.5) is 0 Å². The second-order valence-corrected chi connectivity index (χ2v) is 6.96. The van der Waals surface area contributed by atoms with Gasteiger partial charge in [-0.15, -0.1) is 0 Å². The van der Waals surface area contributed by atoms with Crippen LogP contribution >= 0.6 is 27.5 Å². The van der Waals surface area contributed by atoms with E-state index in [1.54, 1.807) is 0 Å². The number of hydrogen-bond donors (Lipinski definition) is 0. The average Bonchev–Trinajstić information content (AvgIpc) is 2.43. The second-order valence-electron chi connectivity index (χ2n) is 5.74. The van der Waals surface area contributed by atoms with Crippen LogP contribution < -0.4 is 0 Å². The van der Waals surface area contributed by atoms with Crippen LogP contribution in [0.5, 0.6) is 0 Å². The van der Waals surface area contributed by atoms with Gasteiger partial charge < -0.3 is 0 Å². The first-order valence-corrected chi connectivity index (χ1v) is 10.0. The van der Waals surface area contributed by atoms with Gasteiger partial charge in [0.05, 0.1) is 0 Å². The van der Waals surface area contributed by atoms with E-state index in [1.807, 2.05) is 0 Å². The Morgan fingerprint density at radius 2 is 0.900 bits per heavy atom. The van der Waals surface area contributed by atoms with E-state index in [-0.39, 0.29) is 5.24 Å². The topological polar surface area (TPSA) is 17.1 Å². The van der Waals surface area contributed by atoms with Gasteiger partial charge in [-0.3, -0.25) is 4.79 Å². The standard InChI is InChI=1S/C17H32BrClO/c18-16-14-12-10-8-6-4-2-1-3-5-7-9-11-13-15-17(19)20/h1-16H2. The molecule has 0 N–H and O–H groups in total. The lowest BCUT2D eigenvalue weighted by Crippen LogP contribution is -1.86. The van der Waals surface area contributed by atoms with Crippen molar-refractivity contribution in [1.29, 1.82) is 0 Å². The third-order valence-corrected chi connectivity index (χ3v) is 4.51. The number of alkyl halides is 1. The average molecular weight is 368 g/mol. The van der Waals surface area contributed by atoms with E-state index in [0.717, 1.165) is 18.2 Å². The highest BCUT2D eigenvalue weighted by Gasteiger charge is 1.96. The predicted molar refractivity (Wildman–Crippen MR) is 93.9 cm³/mol. The molecule has 3 heteroatoms. The van der Waals surface area contributed by atoms with E-state index in [4.69, 9.17) is 11.6 Å². The molecule has 0 atom stereocenters. The Balaban J connectivity index is 2.94. The summed E-state index contributed by atoms with van der Waals surface area (Å²) >= 11 is 8.77. The predicted octanol–water partition coefficient (Wildman–Crippen LogP) is 7.00. The van der Waals surface area contributed by atoms with Crippen LogP contribution in [-0.4, -0.2) is 10.6 Å². The van der Waals surface area contributed by atoms with Crippen LogP contribution in [0.15, 0.2) is 0 Å². The summed E-state index contributed by atoms with van der Waals surface area (Å²) in [5, 5.41) is 0.979. The van der Waals surface area contributed by atoms with Gasteiger partial charge in [0, 0.05) is 11.8 Å². The Morgan fingerprint density at radius 3 is 1.20 bits per heavy atom. The summed E-state index contributed by atoms with van der Waals surface area (Å²) in [5.74, 6) is 0. The first kappa shape index (κ1) is 20.4. The highest BCUT2D eigenvalue weighted by atomic mass is 79.9. The summed E-state index contributed by atoms with van der Waals surface area (Å²) in [4.78, 5) is 10.5. The van der Waals surface area contributed by atoms with Gasteiger partial charge in [0.25, 0.3) is 0 Å². The molecule has 0 aliphatic heterocycles. The number of unbranched alkanes of at least 4 members (excludes halogenated alkanes) is 13. The molecule has 0 saturated carbocycles. The number of carbonyl (C=O) groups is 1. The summed E-state index contributed by atoms with van der Waals surface area (Å²) in [5.41, 5.74) is 0. The third-order valence-electron chi connectivity index (χ3n) is 3.76. The molecule has 1 nitrogen and oxygen atoms in total. The second kappa shape index (κ2) is 17.5. The van der Waals surface area contributed by atoms with Crippen molar-refractivity contribution in [3.63, 3.8) is 0 Å². The lowest BCUT2D eigenvalue weighted by atomic mass is 10.0. The number of rotatable bonds is 16. The van der Waals surface area contributed by atoms with Crippen LogP contribution in [0.2, 0.25) is 0 Å². The van der Waals surface area contributed by atoms with Gasteiger partial charge in [-0.05, 0) is 24.4 Å². The number of carbonyl (C=O) groups excluding carboxylic acids is 1. The van der Waals surface area contributed by atoms with E-state index in [1.165, 1.54) is 77.0 Å². The van der Waals surface area contributed by atoms with Gasteiger partial charge in [-0.1, -0.05) is 93.0 Å². The van der Waals surface area contributed by atoms with Gasteiger partial charge in [0.2, 0.25) is 5.24 Å². The van der Waals surface area contributed by atoms with Gasteiger partial charge in [-0.2, -0.15) is 0 Å². The van der Waals surface area contributed by atoms with Crippen LogP contribution in [0.25, 0.3) is 0 Å². The molecule has 0 fully saturated rings. The lowest BCUT2D eigenvalue weighted by molar-refractivity contribution is -0.111. The summed E-state index contributed by atoms with van der Waals surface area (Å²) in [6, 6.07) is 0. The Hall–Kier alpha value is 0.440. The molecule has 0 spiro atoms. The Labute approximate surface area is 139 Å². The molecule has 0 radical (unpaired) electrons. The molecule has 0 saturated heterocycles. The van der Waals surface area contributed by atoms with Gasteiger partial charge >= 0.3 is 0 Å². The largest absolute Gasteiger partial charge is 0.281 e. The minimum atomic E-state index is -0.183. The van der Waals surface area contributed by atoms with E-state index in [9.17, 15) is 4.79 Å². The van der Waals surface area contributed by atoms with Crippen molar-refractivity contribution in [3.8, 4) is 0 Å². The molecule has 0 unspecified atom stereocenters. The molecule has 0 aliphatic rings. The molecule has 0 heterocycles. The summed E-state index contributed by atoms with van der Waals surface area (Å²) in [7, 11) is 0. The van der Waals surface area contributed by atoms with E-state index in [0.29, 0.717) is 6.42 Å². The summed E-state index contributed by atoms with van der Waals surface area (Å²) < 4.78 is 0. The van der Waals surface area contributed by atoms with Gasteiger partial charge in [0.1, 0.15) is 0 Å². The zero-order chi connectivity index (χ0) is 14.9. The molecule has 0 aromatic carbocycles. The lowest BCUT2D eigenvalue weighted by Gasteiger charge is -2.03. The van der Waals surface area contributed by atoms with Crippen molar-refractivity contribution < 1.29 is 4.79 Å². The van der Waals surface area contributed by atoms with Crippen molar-refractivity contribution in [3.05, 3.63) is 0 Å². The number of hydrogen-bond acceptors (Lipinski definition) is 1. The monoisotopic (exact) mass is 366 g/mol. The maximum Gasteiger partial charge on any atom is 0.221 e. The van der Waals surface area contributed by atoms with Gasteiger partial charge in [0.15, 0.2) is 0 Å². The fraction of sp³-hybridized carbons (Fsp3) is 0.941. The SMILES string of the molecule is O=C(Cl)CCCCCCCCCCCCCCCCBr. The molecular formula is C17H32BrClO. The molecule has 0 aromatic heterocycles. The van der Waals surface area contributed by atoms with Crippen molar-refractivity contribution in [2.24, 2.45) is 0 Å². The highest BCUT2D eigenvalue weighted by Crippen LogP contribution is 2.13. The smallest absolute Gasteiger partial charge is 0.221 e. The molecule has 0 aromatic rings. The zero-order valence-corrected chi connectivity index (χ0v) is 15.3. The normalized spacial score (nSPS) is 10.9. The van der Waals surface area contributed by atoms with Crippen molar-refractivity contribution >= 4 is 32.8 Å². The fourth-order valence-electron chi connectivity index (χ4n) is 2.48. The van der Waals surface area contributed by atoms with E-state index >= 15 is 0 Å². The highest BCUT2D eigenvalue weighted by molar-refractivity contribution is 9.09. The van der Waals surface area contributed by atoms with Crippen LogP contribution in [0.3, 0.4) is 0 Å². The number of halogens is 2. The van der Waals surface area contributed by atoms with Crippen LogP contribution in [-0.2, 0) is 4.79 Å². The molecule has 0 rings (SSSR count). The minimum Gasteiger partial charge on any atom is -0.281 e. The van der Waals surface area contributed by atoms with E-state index < -0.39 is 0 Å². The zero-order valence-electron chi connectivity index (χ0n) is 13.0. The van der Waals surface area contributed by atoms with E-state index in [2.05, 4.69) is 15.9 Å². The Bertz CT molecular complexity index is 209.